The van der Waals surface area contributed by atoms with Crippen LogP contribution in [0.15, 0.2) is 11.2 Å². The van der Waals surface area contributed by atoms with E-state index in [9.17, 15) is 0 Å². The molecule has 1 saturated heterocycles. The van der Waals surface area contributed by atoms with Crippen molar-refractivity contribution >= 4 is 17.7 Å². The maximum absolute atomic E-state index is 4.58. The minimum atomic E-state index is 0.477. The lowest BCUT2D eigenvalue weighted by molar-refractivity contribution is 0.458. The number of aryl methyl sites for hydroxylation is 2. The summed E-state index contributed by atoms with van der Waals surface area (Å²) in [4.78, 5) is 11.5. The molecule has 2 aromatic rings. The highest BCUT2D eigenvalue weighted by atomic mass is 32.2. The third kappa shape index (κ3) is 3.34. The fourth-order valence-electron chi connectivity index (χ4n) is 3.24. The van der Waals surface area contributed by atoms with Gasteiger partial charge >= 0.3 is 0 Å². The van der Waals surface area contributed by atoms with Gasteiger partial charge in [0.2, 0.25) is 5.95 Å². The van der Waals surface area contributed by atoms with Gasteiger partial charge in [0, 0.05) is 36.9 Å². The van der Waals surface area contributed by atoms with Gasteiger partial charge in [0.05, 0.1) is 0 Å². The van der Waals surface area contributed by atoms with Crippen molar-refractivity contribution in [1.82, 2.24) is 24.7 Å². The third-order valence-corrected chi connectivity index (χ3v) is 5.02. The van der Waals surface area contributed by atoms with E-state index in [1.165, 1.54) is 0 Å². The van der Waals surface area contributed by atoms with E-state index in [0.29, 0.717) is 5.92 Å². The molecule has 1 aliphatic heterocycles. The maximum atomic E-state index is 4.58. The molecule has 1 fully saturated rings. The third-order valence-electron chi connectivity index (χ3n) is 4.36. The molecule has 0 amide bonds. The van der Waals surface area contributed by atoms with Gasteiger partial charge in [0.25, 0.3) is 0 Å². The van der Waals surface area contributed by atoms with Gasteiger partial charge in [-0.3, -0.25) is 0 Å². The minimum Gasteiger partial charge on any atom is -0.341 e. The second kappa shape index (κ2) is 6.86. The van der Waals surface area contributed by atoms with E-state index < -0.39 is 0 Å². The van der Waals surface area contributed by atoms with E-state index in [1.54, 1.807) is 11.8 Å². The van der Waals surface area contributed by atoms with Crippen LogP contribution in [-0.2, 0) is 6.54 Å². The smallest absolute Gasteiger partial charge is 0.225 e. The molecule has 0 atom stereocenters. The molecule has 23 heavy (non-hydrogen) atoms. The van der Waals surface area contributed by atoms with Gasteiger partial charge in [0.15, 0.2) is 5.16 Å². The fourth-order valence-corrected chi connectivity index (χ4v) is 3.80. The maximum Gasteiger partial charge on any atom is 0.225 e. The summed E-state index contributed by atoms with van der Waals surface area (Å²) in [5.41, 5.74) is 2.06. The Morgan fingerprint density at radius 3 is 2.35 bits per heavy atom. The van der Waals surface area contributed by atoms with Gasteiger partial charge in [0.1, 0.15) is 5.82 Å². The number of rotatable bonds is 4. The molecule has 7 heteroatoms. The Morgan fingerprint density at radius 1 is 1.13 bits per heavy atom. The van der Waals surface area contributed by atoms with Gasteiger partial charge < -0.3 is 9.47 Å². The van der Waals surface area contributed by atoms with Crippen molar-refractivity contribution in [3.8, 4) is 0 Å². The van der Waals surface area contributed by atoms with Crippen molar-refractivity contribution in [3.05, 3.63) is 23.3 Å². The summed E-state index contributed by atoms with van der Waals surface area (Å²) in [6.45, 7) is 9.08. The van der Waals surface area contributed by atoms with Crippen LogP contribution in [0.3, 0.4) is 0 Å². The van der Waals surface area contributed by atoms with Gasteiger partial charge in [-0.15, -0.1) is 10.2 Å². The van der Waals surface area contributed by atoms with E-state index in [0.717, 1.165) is 60.8 Å². The molecule has 1 aliphatic rings. The first kappa shape index (κ1) is 16.2. The Balaban J connectivity index is 1.72. The van der Waals surface area contributed by atoms with Crippen molar-refractivity contribution in [3.63, 3.8) is 0 Å². The van der Waals surface area contributed by atoms with Crippen molar-refractivity contribution in [2.45, 2.75) is 51.2 Å². The van der Waals surface area contributed by atoms with Crippen LogP contribution in [0.4, 0.5) is 5.95 Å². The van der Waals surface area contributed by atoms with Gasteiger partial charge in [-0.25, -0.2) is 9.97 Å². The molecular weight excluding hydrogens is 308 g/mol. The van der Waals surface area contributed by atoms with Crippen LogP contribution in [0.5, 0.6) is 0 Å². The quantitative estimate of drug-likeness (QED) is 0.803. The molecule has 2 aromatic heterocycles. The van der Waals surface area contributed by atoms with Crippen LogP contribution < -0.4 is 4.90 Å². The average Bonchev–Trinajstić information content (AvgIpc) is 2.97. The summed E-state index contributed by atoms with van der Waals surface area (Å²) in [7, 11) is 0. The number of nitrogens with zero attached hydrogens (tertiary/aromatic N) is 6. The largest absolute Gasteiger partial charge is 0.341 e. The Labute approximate surface area is 141 Å². The predicted octanol–water partition coefficient (Wildman–Crippen LogP) is 2.81. The summed E-state index contributed by atoms with van der Waals surface area (Å²) in [6.07, 6.45) is 4.20. The first-order valence-corrected chi connectivity index (χ1v) is 9.39. The van der Waals surface area contributed by atoms with Crippen LogP contribution in [0.2, 0.25) is 0 Å². The molecule has 0 unspecified atom stereocenters. The molecule has 0 N–H and O–H groups in total. The van der Waals surface area contributed by atoms with Crippen LogP contribution in [0.25, 0.3) is 0 Å². The van der Waals surface area contributed by atoms with Crippen LogP contribution in [0.1, 0.15) is 42.9 Å². The van der Waals surface area contributed by atoms with E-state index in [-0.39, 0.29) is 0 Å². The van der Waals surface area contributed by atoms with Crippen molar-refractivity contribution in [1.29, 1.82) is 0 Å². The Bertz CT molecular complexity index is 655. The van der Waals surface area contributed by atoms with Crippen LogP contribution in [0, 0.1) is 13.8 Å². The first-order valence-electron chi connectivity index (χ1n) is 8.16. The lowest BCUT2D eigenvalue weighted by Crippen LogP contribution is -2.35. The van der Waals surface area contributed by atoms with E-state index >= 15 is 0 Å². The number of anilines is 1. The average molecular weight is 332 g/mol. The predicted molar refractivity (Wildman–Crippen MR) is 93.2 cm³/mol. The Hall–Kier alpha value is -1.63. The molecule has 0 bridgehead atoms. The van der Waals surface area contributed by atoms with Crippen molar-refractivity contribution in [2.75, 3.05) is 24.2 Å². The molecule has 3 rings (SSSR count). The zero-order valence-corrected chi connectivity index (χ0v) is 15.1. The van der Waals surface area contributed by atoms with Crippen molar-refractivity contribution < 1.29 is 0 Å². The fraction of sp³-hybridized carbons (Fsp3) is 0.625. The van der Waals surface area contributed by atoms with E-state index in [4.69, 9.17) is 0 Å². The van der Waals surface area contributed by atoms with E-state index in [1.807, 2.05) is 19.9 Å². The van der Waals surface area contributed by atoms with Crippen LogP contribution in [-0.4, -0.2) is 44.1 Å². The minimum absolute atomic E-state index is 0.477. The highest BCUT2D eigenvalue weighted by molar-refractivity contribution is 7.98. The number of hydrogen-bond acceptors (Lipinski definition) is 6. The highest BCUT2D eigenvalue weighted by Crippen LogP contribution is 2.30. The normalized spacial score (nSPS) is 16.1. The lowest BCUT2D eigenvalue weighted by Gasteiger charge is -2.31. The number of thioether (sulfide) groups is 1. The summed E-state index contributed by atoms with van der Waals surface area (Å²) in [6, 6.07) is 2.02. The summed E-state index contributed by atoms with van der Waals surface area (Å²) in [5.74, 6) is 2.48. The van der Waals surface area contributed by atoms with Gasteiger partial charge in [-0.05, 0) is 45.9 Å². The molecule has 0 saturated carbocycles. The Kier molecular flexibility index (Phi) is 4.84. The molecule has 6 nitrogen and oxygen atoms in total. The molecule has 0 aromatic carbocycles. The molecule has 124 valence electrons. The topological polar surface area (TPSA) is 59.7 Å². The zero-order valence-electron chi connectivity index (χ0n) is 14.3. The molecular formula is C16H24N6S. The number of piperidine rings is 1. The van der Waals surface area contributed by atoms with Crippen LogP contribution >= 0.6 is 11.8 Å². The monoisotopic (exact) mass is 332 g/mol. The SMILES string of the molecule is CCn1c(SC)nnc1C1CCN(c2nc(C)cc(C)n2)CC1. The van der Waals surface area contributed by atoms with E-state index in [2.05, 4.69) is 42.8 Å². The number of hydrogen-bond donors (Lipinski definition) is 0. The van der Waals surface area contributed by atoms with Crippen molar-refractivity contribution in [2.24, 2.45) is 0 Å². The molecule has 0 aliphatic carbocycles. The Morgan fingerprint density at radius 2 is 1.78 bits per heavy atom. The zero-order chi connectivity index (χ0) is 16.4. The lowest BCUT2D eigenvalue weighted by atomic mass is 9.96. The number of aromatic nitrogens is 5. The molecule has 0 radical (unpaired) electrons. The van der Waals surface area contributed by atoms with Gasteiger partial charge in [-0.2, -0.15) is 0 Å². The second-order valence-electron chi connectivity index (χ2n) is 6.00. The summed E-state index contributed by atoms with van der Waals surface area (Å²) >= 11 is 1.66. The molecule has 0 spiro atoms. The highest BCUT2D eigenvalue weighted by Gasteiger charge is 2.26. The van der Waals surface area contributed by atoms with Gasteiger partial charge in [-0.1, -0.05) is 11.8 Å². The second-order valence-corrected chi connectivity index (χ2v) is 6.77. The summed E-state index contributed by atoms with van der Waals surface area (Å²) < 4.78 is 2.25. The summed E-state index contributed by atoms with van der Waals surface area (Å²) in [5, 5.41) is 9.78. The first-order chi connectivity index (χ1) is 11.1. The molecule has 3 heterocycles. The standard InChI is InChI=1S/C16H24N6S/c1-5-22-14(19-20-16(22)23-4)13-6-8-21(9-7-13)15-17-11(2)10-12(3)18-15/h10,13H,5-9H2,1-4H3.